The summed E-state index contributed by atoms with van der Waals surface area (Å²) in [5, 5.41) is 18.0. The number of aromatic hydroxyl groups is 1. The van der Waals surface area contributed by atoms with Gasteiger partial charge in [0.1, 0.15) is 11.4 Å². The average Bonchev–Trinajstić information content (AvgIpc) is 3.16. The van der Waals surface area contributed by atoms with Gasteiger partial charge in [0, 0.05) is 11.1 Å². The van der Waals surface area contributed by atoms with Crippen molar-refractivity contribution in [2.75, 3.05) is 28.4 Å². The molecule has 1 heterocycles. The standard InChI is InChI=1S/C18H18N2O6/c1-22-13-6-5-10(7-12(13)21)16-17(20-26-19-16)11-8-14(23-2)18(25-4)15(9-11)24-3/h5-9,21H,1-4H3. The summed E-state index contributed by atoms with van der Waals surface area (Å²) in [6, 6.07) is 8.40. The van der Waals surface area contributed by atoms with Gasteiger partial charge in [0.15, 0.2) is 23.0 Å². The van der Waals surface area contributed by atoms with E-state index in [4.69, 9.17) is 23.6 Å². The van der Waals surface area contributed by atoms with Crippen molar-refractivity contribution in [3.63, 3.8) is 0 Å². The van der Waals surface area contributed by atoms with Crippen LogP contribution in [-0.4, -0.2) is 43.9 Å². The van der Waals surface area contributed by atoms with Crippen molar-refractivity contribution in [3.8, 4) is 51.3 Å². The Labute approximate surface area is 149 Å². The Bertz CT molecular complexity index is 897. The quantitative estimate of drug-likeness (QED) is 0.718. The Morgan fingerprint density at radius 2 is 1.31 bits per heavy atom. The van der Waals surface area contributed by atoms with Crippen molar-refractivity contribution in [3.05, 3.63) is 30.3 Å². The molecule has 3 aromatic rings. The van der Waals surface area contributed by atoms with Gasteiger partial charge in [-0.3, -0.25) is 0 Å². The molecule has 0 bridgehead atoms. The zero-order chi connectivity index (χ0) is 18.7. The molecule has 136 valence electrons. The van der Waals surface area contributed by atoms with Gasteiger partial charge in [-0.05, 0) is 40.6 Å². The normalized spacial score (nSPS) is 10.5. The number of ether oxygens (including phenoxy) is 4. The first kappa shape index (κ1) is 17.4. The molecular weight excluding hydrogens is 340 g/mol. The van der Waals surface area contributed by atoms with Gasteiger partial charge in [-0.25, -0.2) is 4.63 Å². The minimum absolute atomic E-state index is 0.0103. The first-order valence-electron chi connectivity index (χ1n) is 7.63. The topological polar surface area (TPSA) is 96.1 Å². The molecule has 3 rings (SSSR count). The van der Waals surface area contributed by atoms with Gasteiger partial charge in [-0.1, -0.05) is 0 Å². The van der Waals surface area contributed by atoms with Crippen LogP contribution in [0.5, 0.6) is 28.7 Å². The Kier molecular flexibility index (Phi) is 4.83. The van der Waals surface area contributed by atoms with Crippen molar-refractivity contribution in [2.24, 2.45) is 0 Å². The van der Waals surface area contributed by atoms with E-state index in [0.717, 1.165) is 0 Å². The number of hydrogen-bond donors (Lipinski definition) is 1. The van der Waals surface area contributed by atoms with Gasteiger partial charge in [0.05, 0.1) is 28.4 Å². The van der Waals surface area contributed by atoms with Crippen molar-refractivity contribution in [1.29, 1.82) is 0 Å². The third-order valence-electron chi connectivity index (χ3n) is 3.88. The third kappa shape index (κ3) is 2.97. The first-order valence-corrected chi connectivity index (χ1v) is 7.63. The summed E-state index contributed by atoms with van der Waals surface area (Å²) in [6.07, 6.45) is 0. The number of methoxy groups -OCH3 is 4. The predicted octanol–water partition coefficient (Wildman–Crippen LogP) is 3.14. The maximum Gasteiger partial charge on any atom is 0.203 e. The van der Waals surface area contributed by atoms with Crippen molar-refractivity contribution < 1.29 is 28.7 Å². The Hall–Kier alpha value is -3.42. The molecule has 1 N–H and O–H groups in total. The van der Waals surface area contributed by atoms with Crippen LogP contribution in [0.2, 0.25) is 0 Å². The molecule has 0 saturated heterocycles. The molecule has 0 fully saturated rings. The van der Waals surface area contributed by atoms with Gasteiger partial charge in [-0.15, -0.1) is 0 Å². The molecule has 0 radical (unpaired) electrons. The van der Waals surface area contributed by atoms with Crippen LogP contribution in [-0.2, 0) is 0 Å². The molecule has 0 aliphatic rings. The van der Waals surface area contributed by atoms with Crippen LogP contribution in [0.15, 0.2) is 35.0 Å². The fourth-order valence-corrected chi connectivity index (χ4v) is 2.62. The third-order valence-corrected chi connectivity index (χ3v) is 3.88. The lowest BCUT2D eigenvalue weighted by atomic mass is 10.0. The van der Waals surface area contributed by atoms with Crippen LogP contribution in [0.25, 0.3) is 22.5 Å². The van der Waals surface area contributed by atoms with E-state index in [-0.39, 0.29) is 5.75 Å². The molecular formula is C18H18N2O6. The highest BCUT2D eigenvalue weighted by atomic mass is 16.6. The van der Waals surface area contributed by atoms with Crippen LogP contribution in [0, 0.1) is 0 Å². The van der Waals surface area contributed by atoms with Crippen LogP contribution in [0.1, 0.15) is 0 Å². The molecule has 0 aliphatic carbocycles. The molecule has 0 amide bonds. The minimum Gasteiger partial charge on any atom is -0.504 e. The molecule has 2 aromatic carbocycles. The molecule has 0 saturated carbocycles. The highest BCUT2D eigenvalue weighted by Gasteiger charge is 2.20. The summed E-state index contributed by atoms with van der Waals surface area (Å²) in [5.74, 6) is 1.78. The molecule has 0 aliphatic heterocycles. The molecule has 26 heavy (non-hydrogen) atoms. The number of benzene rings is 2. The minimum atomic E-state index is -0.0103. The Morgan fingerprint density at radius 3 is 1.81 bits per heavy atom. The zero-order valence-corrected chi connectivity index (χ0v) is 14.8. The second-order valence-electron chi connectivity index (χ2n) is 5.26. The van der Waals surface area contributed by atoms with Crippen molar-refractivity contribution in [1.82, 2.24) is 10.3 Å². The number of phenolic OH excluding ortho intramolecular Hbond substituents is 1. The summed E-state index contributed by atoms with van der Waals surface area (Å²) in [7, 11) is 6.08. The number of rotatable bonds is 6. The second kappa shape index (κ2) is 7.22. The molecule has 8 heteroatoms. The zero-order valence-electron chi connectivity index (χ0n) is 14.8. The molecule has 1 aromatic heterocycles. The first-order chi connectivity index (χ1) is 12.6. The number of hydrogen-bond acceptors (Lipinski definition) is 8. The summed E-state index contributed by atoms with van der Waals surface area (Å²) >= 11 is 0. The summed E-state index contributed by atoms with van der Waals surface area (Å²) in [4.78, 5) is 0. The highest BCUT2D eigenvalue weighted by Crippen LogP contribution is 2.43. The van der Waals surface area contributed by atoms with Gasteiger partial charge >= 0.3 is 0 Å². The molecule has 0 atom stereocenters. The average molecular weight is 358 g/mol. The van der Waals surface area contributed by atoms with Crippen LogP contribution < -0.4 is 18.9 Å². The Balaban J connectivity index is 2.13. The summed E-state index contributed by atoms with van der Waals surface area (Å²) < 4.78 is 26.1. The Morgan fingerprint density at radius 1 is 0.731 bits per heavy atom. The second-order valence-corrected chi connectivity index (χ2v) is 5.26. The summed E-state index contributed by atoms with van der Waals surface area (Å²) in [6.45, 7) is 0. The number of aromatic nitrogens is 2. The number of phenols is 1. The van der Waals surface area contributed by atoms with Crippen LogP contribution in [0.3, 0.4) is 0 Å². The van der Waals surface area contributed by atoms with E-state index in [1.807, 2.05) is 0 Å². The van der Waals surface area contributed by atoms with E-state index in [2.05, 4.69) is 10.3 Å². The van der Waals surface area contributed by atoms with Crippen LogP contribution >= 0.6 is 0 Å². The molecule has 8 nitrogen and oxygen atoms in total. The fraction of sp³-hybridized carbons (Fsp3) is 0.222. The summed E-state index contributed by atoms with van der Waals surface area (Å²) in [5.41, 5.74) is 2.20. The molecule has 0 unspecified atom stereocenters. The van der Waals surface area contributed by atoms with Crippen molar-refractivity contribution in [2.45, 2.75) is 0 Å². The maximum absolute atomic E-state index is 10.0. The number of nitrogens with zero attached hydrogens (tertiary/aromatic N) is 2. The molecule has 0 spiro atoms. The van der Waals surface area contributed by atoms with Gasteiger partial charge in [-0.2, -0.15) is 0 Å². The van der Waals surface area contributed by atoms with E-state index in [1.165, 1.54) is 34.5 Å². The van der Waals surface area contributed by atoms with E-state index < -0.39 is 0 Å². The lowest BCUT2D eigenvalue weighted by Gasteiger charge is -2.13. The fourth-order valence-electron chi connectivity index (χ4n) is 2.62. The predicted molar refractivity (Wildman–Crippen MR) is 93.0 cm³/mol. The highest BCUT2D eigenvalue weighted by molar-refractivity contribution is 5.80. The maximum atomic E-state index is 10.0. The van der Waals surface area contributed by atoms with Gasteiger partial charge < -0.3 is 24.1 Å². The lowest BCUT2D eigenvalue weighted by Crippen LogP contribution is -1.96. The van der Waals surface area contributed by atoms with Crippen molar-refractivity contribution >= 4 is 0 Å². The lowest BCUT2D eigenvalue weighted by molar-refractivity contribution is 0.309. The van der Waals surface area contributed by atoms with Gasteiger partial charge in [0.25, 0.3) is 0 Å². The monoisotopic (exact) mass is 358 g/mol. The smallest absolute Gasteiger partial charge is 0.203 e. The largest absolute Gasteiger partial charge is 0.504 e. The SMILES string of the molecule is COc1ccc(-c2nonc2-c2cc(OC)c(OC)c(OC)c2)cc1O. The van der Waals surface area contributed by atoms with E-state index >= 15 is 0 Å². The van der Waals surface area contributed by atoms with E-state index in [1.54, 1.807) is 24.3 Å². The van der Waals surface area contributed by atoms with Gasteiger partial charge in [0.2, 0.25) is 5.75 Å². The van der Waals surface area contributed by atoms with E-state index in [0.29, 0.717) is 45.5 Å². The van der Waals surface area contributed by atoms with Crippen LogP contribution in [0.4, 0.5) is 0 Å². The van der Waals surface area contributed by atoms with E-state index in [9.17, 15) is 5.11 Å².